The van der Waals surface area contributed by atoms with Crippen LogP contribution in [0.15, 0.2) is 33.9 Å². The number of carbonyl (C=O) groups is 1. The minimum atomic E-state index is -3.43. The molecule has 0 radical (unpaired) electrons. The lowest BCUT2D eigenvalue weighted by Gasteiger charge is -2.31. The Hall–Kier alpha value is -1.70. The van der Waals surface area contributed by atoms with E-state index in [-0.39, 0.29) is 17.9 Å². The van der Waals surface area contributed by atoms with Gasteiger partial charge in [-0.2, -0.15) is 4.31 Å². The topological polar surface area (TPSA) is 66.5 Å². The summed E-state index contributed by atoms with van der Waals surface area (Å²) in [6, 6.07) is 7.60. The van der Waals surface area contributed by atoms with Crippen molar-refractivity contribution in [3.8, 4) is 0 Å². The van der Waals surface area contributed by atoms with Gasteiger partial charge in [0.05, 0.1) is 6.04 Å². The Labute approximate surface area is 171 Å². The Bertz CT molecular complexity index is 944. The van der Waals surface area contributed by atoms with Gasteiger partial charge in [-0.05, 0) is 74.2 Å². The fraction of sp³-hybridized carbons (Fsp3) is 0.476. The number of sulfonamides is 1. The normalized spacial score (nSPS) is 17.4. The third kappa shape index (κ3) is 4.31. The van der Waals surface area contributed by atoms with Crippen molar-refractivity contribution in [1.82, 2.24) is 9.62 Å². The van der Waals surface area contributed by atoms with Crippen molar-refractivity contribution in [3.63, 3.8) is 0 Å². The Morgan fingerprint density at radius 3 is 2.39 bits per heavy atom. The molecule has 2 heterocycles. The summed E-state index contributed by atoms with van der Waals surface area (Å²) in [4.78, 5) is 12.8. The third-order valence-electron chi connectivity index (χ3n) is 5.62. The van der Waals surface area contributed by atoms with Crippen LogP contribution in [-0.4, -0.2) is 31.7 Å². The Kier molecular flexibility index (Phi) is 6.27. The van der Waals surface area contributed by atoms with Crippen molar-refractivity contribution in [2.24, 2.45) is 5.92 Å². The highest BCUT2D eigenvalue weighted by molar-refractivity contribution is 7.91. The van der Waals surface area contributed by atoms with E-state index in [0.717, 1.165) is 5.56 Å². The number of nitrogens with one attached hydrogen (secondary N) is 1. The van der Waals surface area contributed by atoms with Gasteiger partial charge in [-0.1, -0.05) is 18.2 Å². The molecule has 1 aliphatic rings. The second kappa shape index (κ2) is 8.35. The number of amides is 1. The average molecular weight is 421 g/mol. The van der Waals surface area contributed by atoms with Gasteiger partial charge in [-0.25, -0.2) is 8.42 Å². The molecular weight excluding hydrogens is 392 g/mol. The van der Waals surface area contributed by atoms with Crippen LogP contribution in [0.2, 0.25) is 0 Å². The van der Waals surface area contributed by atoms with Crippen molar-refractivity contribution >= 4 is 27.3 Å². The minimum Gasteiger partial charge on any atom is -0.349 e. The van der Waals surface area contributed by atoms with Gasteiger partial charge in [-0.15, -0.1) is 11.3 Å². The van der Waals surface area contributed by atoms with Crippen LogP contribution >= 0.6 is 11.3 Å². The first-order chi connectivity index (χ1) is 13.2. The number of hydrogen-bond donors (Lipinski definition) is 1. The molecule has 1 aliphatic heterocycles. The molecule has 28 heavy (non-hydrogen) atoms. The highest BCUT2D eigenvalue weighted by atomic mass is 32.2. The molecule has 2 aromatic rings. The third-order valence-corrected chi connectivity index (χ3v) is 8.89. The van der Waals surface area contributed by atoms with Crippen molar-refractivity contribution in [2.45, 2.75) is 50.8 Å². The molecule has 152 valence electrons. The lowest BCUT2D eigenvalue weighted by atomic mass is 9.94. The molecule has 5 nitrogen and oxygen atoms in total. The van der Waals surface area contributed by atoms with Crippen molar-refractivity contribution in [3.05, 3.63) is 51.9 Å². The molecule has 0 bridgehead atoms. The van der Waals surface area contributed by atoms with Crippen LogP contribution in [0.1, 0.15) is 48.1 Å². The number of aryl methyl sites for hydroxylation is 3. The molecular formula is C21H28N2O3S2. The van der Waals surface area contributed by atoms with E-state index in [0.29, 0.717) is 30.1 Å². The second-order valence-corrected chi connectivity index (χ2v) is 10.7. The molecule has 1 fully saturated rings. The molecule has 1 saturated heterocycles. The largest absolute Gasteiger partial charge is 0.349 e. The molecule has 3 rings (SSSR count). The smallest absolute Gasteiger partial charge is 0.252 e. The SMILES string of the molecule is Cc1cc(C)c(C(C)NC(=O)C2CCN(S(=O)(=O)c3cccs3)CC2)cc1C. The van der Waals surface area contributed by atoms with Crippen LogP contribution in [0.25, 0.3) is 0 Å². The predicted molar refractivity (Wildman–Crippen MR) is 113 cm³/mol. The number of thiophene rings is 1. The average Bonchev–Trinajstić information content (AvgIpc) is 3.20. The molecule has 1 N–H and O–H groups in total. The van der Waals surface area contributed by atoms with Crippen LogP contribution in [-0.2, 0) is 14.8 Å². The lowest BCUT2D eigenvalue weighted by Crippen LogP contribution is -2.43. The maximum Gasteiger partial charge on any atom is 0.252 e. The fourth-order valence-electron chi connectivity index (χ4n) is 3.75. The van der Waals surface area contributed by atoms with E-state index in [2.05, 4.69) is 38.2 Å². The van der Waals surface area contributed by atoms with Crippen molar-refractivity contribution in [2.75, 3.05) is 13.1 Å². The molecule has 7 heteroatoms. The van der Waals surface area contributed by atoms with Crippen LogP contribution < -0.4 is 5.32 Å². The van der Waals surface area contributed by atoms with Gasteiger partial charge < -0.3 is 5.32 Å². The second-order valence-electron chi connectivity index (χ2n) is 7.63. The van der Waals surface area contributed by atoms with E-state index >= 15 is 0 Å². The Morgan fingerprint density at radius 2 is 1.79 bits per heavy atom. The van der Waals surface area contributed by atoms with E-state index in [1.165, 1.54) is 32.3 Å². The van der Waals surface area contributed by atoms with Crippen LogP contribution in [0.5, 0.6) is 0 Å². The monoisotopic (exact) mass is 420 g/mol. The molecule has 0 aliphatic carbocycles. The summed E-state index contributed by atoms with van der Waals surface area (Å²) < 4.78 is 27.1. The predicted octanol–water partition coefficient (Wildman–Crippen LogP) is 3.95. The summed E-state index contributed by atoms with van der Waals surface area (Å²) in [5, 5.41) is 4.90. The molecule has 0 spiro atoms. The summed E-state index contributed by atoms with van der Waals surface area (Å²) >= 11 is 1.23. The van der Waals surface area contributed by atoms with Gasteiger partial charge in [0, 0.05) is 19.0 Å². The van der Waals surface area contributed by atoms with E-state index in [1.54, 1.807) is 17.5 Å². The number of piperidine rings is 1. The number of nitrogens with zero attached hydrogens (tertiary/aromatic N) is 1. The molecule has 0 saturated carbocycles. The molecule has 1 unspecified atom stereocenters. The van der Waals surface area contributed by atoms with Gasteiger partial charge in [0.2, 0.25) is 5.91 Å². The number of hydrogen-bond acceptors (Lipinski definition) is 4. The summed E-state index contributed by atoms with van der Waals surface area (Å²) in [5.74, 6) is -0.137. The minimum absolute atomic E-state index is 0.0123. The highest BCUT2D eigenvalue weighted by Crippen LogP contribution is 2.27. The first-order valence-electron chi connectivity index (χ1n) is 9.62. The Balaban J connectivity index is 1.61. The lowest BCUT2D eigenvalue weighted by molar-refractivity contribution is -0.126. The van der Waals surface area contributed by atoms with Gasteiger partial charge >= 0.3 is 0 Å². The summed E-state index contributed by atoms with van der Waals surface area (Å²) in [7, 11) is -3.43. The quantitative estimate of drug-likeness (QED) is 0.796. The number of carbonyl (C=O) groups excluding carboxylic acids is 1. The Morgan fingerprint density at radius 1 is 1.14 bits per heavy atom. The molecule has 1 aromatic carbocycles. The van der Waals surface area contributed by atoms with Gasteiger partial charge in [0.25, 0.3) is 10.0 Å². The van der Waals surface area contributed by atoms with Crippen molar-refractivity contribution < 1.29 is 13.2 Å². The van der Waals surface area contributed by atoms with Gasteiger partial charge in [0.15, 0.2) is 0 Å². The van der Waals surface area contributed by atoms with E-state index in [4.69, 9.17) is 0 Å². The molecule has 1 aromatic heterocycles. The summed E-state index contributed by atoms with van der Waals surface area (Å²) in [6.07, 6.45) is 1.10. The summed E-state index contributed by atoms with van der Waals surface area (Å²) in [6.45, 7) is 9.01. The number of benzene rings is 1. The molecule has 1 atom stereocenters. The maximum absolute atomic E-state index is 12.8. The zero-order chi connectivity index (χ0) is 20.5. The first-order valence-corrected chi connectivity index (χ1v) is 11.9. The standard InChI is InChI=1S/C21H28N2O3S2/c1-14-12-16(3)19(13-15(14)2)17(4)22-21(24)18-7-9-23(10-8-18)28(25,26)20-6-5-11-27-20/h5-6,11-13,17-18H,7-10H2,1-4H3,(H,22,24). The maximum atomic E-state index is 12.8. The van der Waals surface area contributed by atoms with Gasteiger partial charge in [0.1, 0.15) is 4.21 Å². The van der Waals surface area contributed by atoms with Gasteiger partial charge in [-0.3, -0.25) is 4.79 Å². The first kappa shape index (κ1) is 21.0. The van der Waals surface area contributed by atoms with Crippen LogP contribution in [0, 0.1) is 26.7 Å². The fourth-order valence-corrected chi connectivity index (χ4v) is 6.37. The van der Waals surface area contributed by atoms with Crippen LogP contribution in [0.3, 0.4) is 0 Å². The zero-order valence-electron chi connectivity index (χ0n) is 16.9. The highest BCUT2D eigenvalue weighted by Gasteiger charge is 2.33. The van der Waals surface area contributed by atoms with E-state index < -0.39 is 10.0 Å². The zero-order valence-corrected chi connectivity index (χ0v) is 18.5. The van der Waals surface area contributed by atoms with Crippen LogP contribution in [0.4, 0.5) is 0 Å². The summed E-state index contributed by atoms with van der Waals surface area (Å²) in [5.41, 5.74) is 4.77. The number of rotatable bonds is 5. The molecule has 1 amide bonds. The van der Waals surface area contributed by atoms with E-state index in [1.807, 2.05) is 6.92 Å². The van der Waals surface area contributed by atoms with E-state index in [9.17, 15) is 13.2 Å². The van der Waals surface area contributed by atoms with Crippen molar-refractivity contribution in [1.29, 1.82) is 0 Å².